The van der Waals surface area contributed by atoms with Crippen molar-refractivity contribution in [2.75, 3.05) is 19.6 Å². The Labute approximate surface area is 303 Å². The van der Waals surface area contributed by atoms with Crippen molar-refractivity contribution in [3.63, 3.8) is 0 Å². The maximum atomic E-state index is 14.9. The zero-order chi connectivity index (χ0) is 37.5. The van der Waals surface area contributed by atoms with E-state index in [0.717, 1.165) is 17.7 Å². The Morgan fingerprint density at radius 2 is 1.60 bits per heavy atom. The molecule has 2 fully saturated rings. The van der Waals surface area contributed by atoms with E-state index in [0.29, 0.717) is 11.3 Å². The first-order valence-electron chi connectivity index (χ1n) is 16.6. The number of piperazine rings is 1. The van der Waals surface area contributed by atoms with Crippen LogP contribution in [-0.2, 0) is 29.1 Å². The van der Waals surface area contributed by atoms with E-state index in [-0.39, 0.29) is 56.2 Å². The smallest absolute Gasteiger partial charge is 0.395 e. The number of halogens is 2. The first-order chi connectivity index (χ1) is 25.6. The molecule has 2 aliphatic rings. The predicted octanol–water partition coefficient (Wildman–Crippen LogP) is 5.94. The van der Waals surface area contributed by atoms with Crippen LogP contribution in [0.2, 0.25) is 0 Å². The molecule has 0 spiro atoms. The van der Waals surface area contributed by atoms with Crippen LogP contribution >= 0.6 is 0 Å². The normalized spacial score (nSPS) is 17.2. The molecule has 0 aromatic heterocycles. The molecule has 2 heterocycles. The number of benzene rings is 4. The van der Waals surface area contributed by atoms with Gasteiger partial charge in [-0.2, -0.15) is 5.11 Å². The Kier molecular flexibility index (Phi) is 11.1. The molecule has 0 bridgehead atoms. The second kappa shape index (κ2) is 16.2. The Balaban J connectivity index is 1.25. The number of carbonyl (C=O) groups excluding carboxylic acids is 4. The number of carbonyl (C=O) groups is 4. The highest BCUT2D eigenvalue weighted by Gasteiger charge is 2.51. The second-order valence-corrected chi connectivity index (χ2v) is 12.3. The third kappa shape index (κ3) is 8.53. The summed E-state index contributed by atoms with van der Waals surface area (Å²) in [6, 6.07) is 22.9. The number of nitrogens with zero attached hydrogens (tertiary/aromatic N) is 5. The number of fused-ring (bicyclic) bond motifs is 1. The van der Waals surface area contributed by atoms with Crippen LogP contribution in [0.1, 0.15) is 16.7 Å². The van der Waals surface area contributed by atoms with Gasteiger partial charge in [0, 0.05) is 37.7 Å². The van der Waals surface area contributed by atoms with Crippen LogP contribution in [-0.4, -0.2) is 75.7 Å². The van der Waals surface area contributed by atoms with Crippen molar-refractivity contribution in [1.29, 1.82) is 5.53 Å². The molecule has 0 aliphatic carbocycles. The fourth-order valence-electron chi connectivity index (χ4n) is 6.27. The minimum atomic E-state index is -1.12. The summed E-state index contributed by atoms with van der Waals surface area (Å²) in [6.07, 6.45) is -0.430. The number of amides is 4. The van der Waals surface area contributed by atoms with Gasteiger partial charge in [-0.15, -0.1) is 6.58 Å². The Hall–Kier alpha value is -6.48. The topological polar surface area (TPSA) is 148 Å². The van der Waals surface area contributed by atoms with E-state index < -0.39 is 47.8 Å². The molecular weight excluding hydrogens is 688 g/mol. The van der Waals surface area contributed by atoms with Gasteiger partial charge in [-0.1, -0.05) is 54.6 Å². The van der Waals surface area contributed by atoms with E-state index in [1.165, 1.54) is 57.3 Å². The van der Waals surface area contributed by atoms with Gasteiger partial charge < -0.3 is 24.6 Å². The highest BCUT2D eigenvalue weighted by atomic mass is 19.1. The molecule has 13 nitrogen and oxygen atoms in total. The molecular formula is C38H35F2N7O6. The van der Waals surface area contributed by atoms with Crippen molar-refractivity contribution in [3.8, 4) is 11.5 Å². The van der Waals surface area contributed by atoms with Crippen molar-refractivity contribution in [1.82, 2.24) is 25.1 Å². The Morgan fingerprint density at radius 3 is 2.25 bits per heavy atom. The molecule has 0 saturated carbocycles. The van der Waals surface area contributed by atoms with E-state index in [9.17, 15) is 28.0 Å². The predicted molar refractivity (Wildman–Crippen MR) is 187 cm³/mol. The molecule has 272 valence electrons. The first kappa shape index (κ1) is 36.3. The van der Waals surface area contributed by atoms with Crippen molar-refractivity contribution in [2.45, 2.75) is 31.7 Å². The zero-order valence-corrected chi connectivity index (χ0v) is 28.4. The van der Waals surface area contributed by atoms with Crippen molar-refractivity contribution in [3.05, 3.63) is 138 Å². The molecule has 53 heavy (non-hydrogen) atoms. The van der Waals surface area contributed by atoms with Crippen LogP contribution in [0.15, 0.2) is 115 Å². The number of hydrogen-bond donors (Lipinski definition) is 2. The third-order valence-electron chi connectivity index (χ3n) is 8.76. The van der Waals surface area contributed by atoms with Gasteiger partial charge in [0.1, 0.15) is 35.3 Å². The second-order valence-electron chi connectivity index (χ2n) is 12.3. The average molecular weight is 724 g/mol. The van der Waals surface area contributed by atoms with Gasteiger partial charge in [0.15, 0.2) is 0 Å². The highest BCUT2D eigenvalue weighted by molar-refractivity contribution is 5.91. The molecule has 2 saturated heterocycles. The first-order valence-corrected chi connectivity index (χ1v) is 16.6. The number of hydrazine groups is 1. The lowest BCUT2D eigenvalue weighted by Gasteiger charge is -2.55. The standard InChI is InChI=1S/C38H35F2N7O6/c1-2-18-45-24-35(48)46-33(19-25-8-14-30(15-9-25)52-38(51)53-31-16-12-29(43-41)13-17-31)36(49)44(22-27-10-11-28(39)20-32(27)40)23-34(46)47(45)37(50)42-21-26-6-4-3-5-7-26/h2-17,20,33-34,41H,1,18-19,21-24H2,(H,42,50)/t33-,34-/m0/s1. The van der Waals surface area contributed by atoms with Crippen molar-refractivity contribution < 1.29 is 37.4 Å². The van der Waals surface area contributed by atoms with E-state index >= 15 is 0 Å². The fourth-order valence-corrected chi connectivity index (χ4v) is 6.27. The SMILES string of the molecule is C=CCN1CC(=O)N2[C@@H](Cc3ccc(OC(=O)Oc4ccc(N=N)cc4)cc3)C(=O)N(Cc3ccc(F)cc3F)C[C@@H]2N1C(=O)NCc1ccccc1. The van der Waals surface area contributed by atoms with Gasteiger partial charge in [-0.05, 0) is 53.6 Å². The summed E-state index contributed by atoms with van der Waals surface area (Å²) < 4.78 is 39.1. The number of urea groups is 1. The summed E-state index contributed by atoms with van der Waals surface area (Å²) in [5.41, 5.74) is 8.92. The van der Waals surface area contributed by atoms with Crippen LogP contribution in [0, 0.1) is 17.2 Å². The number of ether oxygens (including phenoxy) is 2. The fraction of sp³-hybridized carbons (Fsp3) is 0.211. The molecule has 4 amide bonds. The van der Waals surface area contributed by atoms with E-state index in [1.807, 2.05) is 30.3 Å². The molecule has 0 radical (unpaired) electrons. The van der Waals surface area contributed by atoms with Crippen LogP contribution in [0.4, 0.5) is 24.1 Å². The zero-order valence-electron chi connectivity index (χ0n) is 28.4. The maximum Gasteiger partial charge on any atom is 0.519 e. The summed E-state index contributed by atoms with van der Waals surface area (Å²) in [5, 5.41) is 9.14. The summed E-state index contributed by atoms with van der Waals surface area (Å²) in [4.78, 5) is 57.2. The van der Waals surface area contributed by atoms with Crippen molar-refractivity contribution in [2.24, 2.45) is 5.11 Å². The average Bonchev–Trinajstić information content (AvgIpc) is 3.15. The van der Waals surface area contributed by atoms with Gasteiger partial charge in [-0.3, -0.25) is 9.59 Å². The number of rotatable bonds is 11. The van der Waals surface area contributed by atoms with Crippen LogP contribution in [0.25, 0.3) is 0 Å². The highest BCUT2D eigenvalue weighted by Crippen LogP contribution is 2.30. The molecule has 2 atom stereocenters. The molecule has 4 aromatic carbocycles. The third-order valence-corrected chi connectivity index (χ3v) is 8.76. The van der Waals surface area contributed by atoms with E-state index in [1.54, 1.807) is 23.2 Å². The summed E-state index contributed by atoms with van der Waals surface area (Å²) in [7, 11) is 0. The van der Waals surface area contributed by atoms with Crippen LogP contribution < -0.4 is 14.8 Å². The number of hydrogen-bond acceptors (Lipinski definition) is 9. The lowest BCUT2D eigenvalue weighted by atomic mass is 9.98. The Morgan fingerprint density at radius 1 is 0.925 bits per heavy atom. The minimum absolute atomic E-state index is 0.00251. The summed E-state index contributed by atoms with van der Waals surface area (Å²) >= 11 is 0. The Bertz CT molecular complexity index is 2000. The lowest BCUT2D eigenvalue weighted by molar-refractivity contribution is -0.189. The van der Waals surface area contributed by atoms with Gasteiger partial charge in [0.2, 0.25) is 11.8 Å². The monoisotopic (exact) mass is 723 g/mol. The lowest BCUT2D eigenvalue weighted by Crippen LogP contribution is -2.76. The maximum absolute atomic E-state index is 14.9. The molecule has 6 rings (SSSR count). The van der Waals surface area contributed by atoms with Crippen molar-refractivity contribution >= 4 is 29.7 Å². The van der Waals surface area contributed by atoms with Crippen LogP contribution in [0.5, 0.6) is 11.5 Å². The van der Waals surface area contributed by atoms with E-state index in [2.05, 4.69) is 17.0 Å². The quantitative estimate of drug-likeness (QED) is 0.0843. The molecule has 2 aliphatic heterocycles. The van der Waals surface area contributed by atoms with Gasteiger partial charge >= 0.3 is 12.2 Å². The van der Waals surface area contributed by atoms with E-state index in [4.69, 9.17) is 15.0 Å². The molecule has 2 N–H and O–H groups in total. The number of nitrogens with one attached hydrogen (secondary N) is 2. The van der Waals surface area contributed by atoms with Gasteiger partial charge in [0.25, 0.3) is 0 Å². The summed E-state index contributed by atoms with van der Waals surface area (Å²) in [6.45, 7) is 3.52. The van der Waals surface area contributed by atoms with Crippen LogP contribution in [0.3, 0.4) is 0 Å². The van der Waals surface area contributed by atoms with Gasteiger partial charge in [0.05, 0.1) is 18.8 Å². The largest absolute Gasteiger partial charge is 0.519 e. The van der Waals surface area contributed by atoms with Gasteiger partial charge in [-0.25, -0.2) is 33.9 Å². The molecule has 4 aromatic rings. The molecule has 0 unspecified atom stereocenters. The minimum Gasteiger partial charge on any atom is -0.395 e. The summed E-state index contributed by atoms with van der Waals surface area (Å²) in [5.74, 6) is -2.16. The molecule has 15 heteroatoms.